The van der Waals surface area contributed by atoms with Gasteiger partial charge in [0.15, 0.2) is 0 Å². The Morgan fingerprint density at radius 1 is 1.33 bits per heavy atom. The van der Waals surface area contributed by atoms with E-state index in [1.54, 1.807) is 24.9 Å². The van der Waals surface area contributed by atoms with E-state index < -0.39 is 0 Å². The second-order valence-corrected chi connectivity index (χ2v) is 3.41. The smallest absolute Gasteiger partial charge is 0.315 e. The Labute approximate surface area is 90.5 Å². The quantitative estimate of drug-likeness (QED) is 0.495. The van der Waals surface area contributed by atoms with Gasteiger partial charge in [-0.05, 0) is 6.42 Å². The molecule has 0 aliphatic heterocycles. The number of hydrogen-bond acceptors (Lipinski definition) is 3. The Kier molecular flexibility index (Phi) is 7.10. The van der Waals surface area contributed by atoms with Crippen molar-refractivity contribution in [1.29, 1.82) is 0 Å². The Bertz CT molecular complexity index is 245. The second-order valence-electron chi connectivity index (χ2n) is 3.41. The Hall–Kier alpha value is -1.48. The van der Waals surface area contributed by atoms with E-state index in [0.717, 1.165) is 12.8 Å². The van der Waals surface area contributed by atoms with Gasteiger partial charge in [-0.2, -0.15) is 0 Å². The van der Waals surface area contributed by atoms with Crippen LogP contribution in [0.5, 0.6) is 0 Å². The maximum Gasteiger partial charge on any atom is 0.315 e. The molecule has 5 nitrogen and oxygen atoms in total. The minimum absolute atomic E-state index is 0.203. The first-order valence-corrected chi connectivity index (χ1v) is 5.04. The number of carbonyl (C=O) groups excluding carboxylic acids is 2. The number of amides is 2. The van der Waals surface area contributed by atoms with Crippen LogP contribution in [0, 0.1) is 0 Å². The fraction of sp³-hybridized carbons (Fsp3) is 0.700. The Morgan fingerprint density at radius 2 is 2.00 bits per heavy atom. The third-order valence-corrected chi connectivity index (χ3v) is 1.89. The summed E-state index contributed by atoms with van der Waals surface area (Å²) >= 11 is 0. The van der Waals surface area contributed by atoms with Crippen LogP contribution in [0.1, 0.15) is 19.8 Å². The highest BCUT2D eigenvalue weighted by molar-refractivity contribution is 5.74. The summed E-state index contributed by atoms with van der Waals surface area (Å²) in [5.74, 6) is 1.77. The number of unbranched alkanes of at least 4 members (excludes halogenated alkanes) is 1. The lowest BCUT2D eigenvalue weighted by molar-refractivity contribution is 0.241. The van der Waals surface area contributed by atoms with Crippen LogP contribution in [0.25, 0.3) is 0 Å². The normalized spacial score (nSPS) is 9.00. The van der Waals surface area contributed by atoms with E-state index in [2.05, 4.69) is 17.6 Å². The summed E-state index contributed by atoms with van der Waals surface area (Å²) < 4.78 is 0. The Morgan fingerprint density at radius 3 is 2.47 bits per heavy atom. The average molecular weight is 213 g/mol. The van der Waals surface area contributed by atoms with Gasteiger partial charge in [0.1, 0.15) is 11.6 Å². The number of rotatable bonds is 6. The van der Waals surface area contributed by atoms with Crippen LogP contribution in [0.2, 0.25) is 0 Å². The third kappa shape index (κ3) is 6.57. The molecule has 0 bridgehead atoms. The van der Waals surface area contributed by atoms with Crippen LogP contribution in [-0.4, -0.2) is 44.1 Å². The Balaban J connectivity index is 3.75. The molecule has 0 spiro atoms. The highest BCUT2D eigenvalue weighted by Gasteiger charge is 2.03. The molecule has 0 aromatic carbocycles. The van der Waals surface area contributed by atoms with Crippen LogP contribution in [0.4, 0.5) is 4.79 Å². The zero-order chi connectivity index (χ0) is 11.7. The van der Waals surface area contributed by atoms with Gasteiger partial charge in [0.25, 0.3) is 0 Å². The molecule has 5 heteroatoms. The first kappa shape index (κ1) is 13.5. The van der Waals surface area contributed by atoms with Crippen LogP contribution < -0.4 is 10.6 Å². The molecule has 0 aliphatic carbocycles. The molecule has 0 rings (SSSR count). The van der Waals surface area contributed by atoms with E-state index in [-0.39, 0.29) is 12.6 Å². The van der Waals surface area contributed by atoms with Crippen LogP contribution in [0.3, 0.4) is 0 Å². The zero-order valence-electron chi connectivity index (χ0n) is 9.59. The maximum atomic E-state index is 11.2. The molecule has 0 atom stereocenters. The second kappa shape index (κ2) is 7.88. The predicted octanol–water partition coefficient (Wildman–Crippen LogP) is 0.363. The standard InChI is InChI=1S/C10H19N3O2/c1-4-5-6-11-10(15)12-7-9(8-14)13(2)3/h4-7H2,1-3H3,(H2,11,12,15). The van der Waals surface area contributed by atoms with Crippen molar-refractivity contribution in [3.8, 4) is 0 Å². The summed E-state index contributed by atoms with van der Waals surface area (Å²) in [4.78, 5) is 23.2. The van der Waals surface area contributed by atoms with E-state index in [4.69, 9.17) is 0 Å². The van der Waals surface area contributed by atoms with Gasteiger partial charge in [-0.3, -0.25) is 0 Å². The van der Waals surface area contributed by atoms with Crippen molar-refractivity contribution in [2.45, 2.75) is 19.8 Å². The summed E-state index contributed by atoms with van der Waals surface area (Å²) in [7, 11) is 3.47. The van der Waals surface area contributed by atoms with Gasteiger partial charge in [0.2, 0.25) is 0 Å². The molecule has 0 saturated heterocycles. The highest BCUT2D eigenvalue weighted by Crippen LogP contribution is 1.89. The minimum atomic E-state index is -0.252. The molecule has 0 saturated carbocycles. The number of urea groups is 1. The molecule has 86 valence electrons. The first-order valence-electron chi connectivity index (χ1n) is 5.04. The monoisotopic (exact) mass is 213 g/mol. The van der Waals surface area contributed by atoms with E-state index in [0.29, 0.717) is 12.2 Å². The van der Waals surface area contributed by atoms with Gasteiger partial charge < -0.3 is 15.5 Å². The van der Waals surface area contributed by atoms with Crippen molar-refractivity contribution in [3.05, 3.63) is 5.70 Å². The van der Waals surface area contributed by atoms with Crippen molar-refractivity contribution < 1.29 is 9.59 Å². The van der Waals surface area contributed by atoms with Crippen molar-refractivity contribution in [3.63, 3.8) is 0 Å². The number of carbonyl (C=O) groups is 1. The molecular weight excluding hydrogens is 194 g/mol. The van der Waals surface area contributed by atoms with Gasteiger partial charge in [-0.1, -0.05) is 13.3 Å². The van der Waals surface area contributed by atoms with Gasteiger partial charge in [-0.15, -0.1) is 0 Å². The number of nitrogens with zero attached hydrogens (tertiary/aromatic N) is 1. The summed E-state index contributed by atoms with van der Waals surface area (Å²) in [6, 6.07) is -0.252. The van der Waals surface area contributed by atoms with Crippen LogP contribution in [0.15, 0.2) is 5.70 Å². The molecule has 0 heterocycles. The maximum absolute atomic E-state index is 11.2. The van der Waals surface area contributed by atoms with E-state index in [1.807, 2.05) is 0 Å². The molecule has 0 aliphatic rings. The molecule has 0 fully saturated rings. The molecule has 0 radical (unpaired) electrons. The van der Waals surface area contributed by atoms with Crippen molar-refractivity contribution in [1.82, 2.24) is 15.5 Å². The summed E-state index contributed by atoms with van der Waals surface area (Å²) in [6.07, 6.45) is 1.99. The van der Waals surface area contributed by atoms with Gasteiger partial charge >= 0.3 is 6.03 Å². The molecule has 2 amide bonds. The van der Waals surface area contributed by atoms with Gasteiger partial charge in [-0.25, -0.2) is 9.59 Å². The lowest BCUT2D eigenvalue weighted by atomic mass is 10.3. The third-order valence-electron chi connectivity index (χ3n) is 1.89. The average Bonchev–Trinajstić information content (AvgIpc) is 2.18. The SMILES string of the molecule is CCCCNC(=O)NCC(=C=O)N(C)C. The van der Waals surface area contributed by atoms with Crippen LogP contribution >= 0.6 is 0 Å². The molecule has 0 aromatic heterocycles. The fourth-order valence-corrected chi connectivity index (χ4v) is 0.891. The predicted molar refractivity (Wildman–Crippen MR) is 59.2 cm³/mol. The van der Waals surface area contributed by atoms with Crippen molar-refractivity contribution in [2.75, 3.05) is 27.2 Å². The van der Waals surface area contributed by atoms with E-state index in [1.165, 1.54) is 0 Å². The molecule has 2 N–H and O–H groups in total. The topological polar surface area (TPSA) is 61.4 Å². The van der Waals surface area contributed by atoms with E-state index >= 15 is 0 Å². The molecule has 0 aromatic rings. The van der Waals surface area contributed by atoms with Crippen molar-refractivity contribution >= 4 is 12.0 Å². The highest BCUT2D eigenvalue weighted by atomic mass is 16.2. The van der Waals surface area contributed by atoms with Crippen molar-refractivity contribution in [2.24, 2.45) is 0 Å². The number of hydrogen-bond donors (Lipinski definition) is 2. The van der Waals surface area contributed by atoms with Gasteiger partial charge in [0, 0.05) is 20.6 Å². The molecule has 0 unspecified atom stereocenters. The summed E-state index contributed by atoms with van der Waals surface area (Å²) in [5, 5.41) is 5.27. The minimum Gasteiger partial charge on any atom is -0.371 e. The summed E-state index contributed by atoms with van der Waals surface area (Å²) in [5.41, 5.74) is 0.417. The number of likely N-dealkylation sites (N-methyl/N-ethyl adjacent to an activating group) is 1. The van der Waals surface area contributed by atoms with E-state index in [9.17, 15) is 9.59 Å². The van der Waals surface area contributed by atoms with Crippen LogP contribution in [-0.2, 0) is 4.79 Å². The molecular formula is C10H19N3O2. The summed E-state index contributed by atoms with van der Waals surface area (Å²) in [6.45, 7) is 2.91. The molecule has 15 heavy (non-hydrogen) atoms. The first-order chi connectivity index (χ1) is 7.11. The fourth-order valence-electron chi connectivity index (χ4n) is 0.891. The lowest BCUT2D eigenvalue weighted by Gasteiger charge is -2.14. The zero-order valence-corrected chi connectivity index (χ0v) is 9.59. The largest absolute Gasteiger partial charge is 0.371 e. The number of nitrogens with one attached hydrogen (secondary N) is 2. The van der Waals surface area contributed by atoms with Gasteiger partial charge in [0.05, 0.1) is 6.54 Å². The lowest BCUT2D eigenvalue weighted by Crippen LogP contribution is -2.38.